The van der Waals surface area contributed by atoms with Crippen molar-refractivity contribution in [3.63, 3.8) is 0 Å². The van der Waals surface area contributed by atoms with Gasteiger partial charge >= 0.3 is 0 Å². The van der Waals surface area contributed by atoms with Gasteiger partial charge in [0, 0.05) is 28.7 Å². The second-order valence-electron chi connectivity index (χ2n) is 8.29. The number of likely N-dealkylation sites (tertiary alicyclic amines) is 1. The molecule has 1 N–H and O–H groups in total. The minimum absolute atomic E-state index is 0.0755. The van der Waals surface area contributed by atoms with Gasteiger partial charge in [-0.1, -0.05) is 34.1 Å². The first kappa shape index (κ1) is 25.9. The van der Waals surface area contributed by atoms with Crippen molar-refractivity contribution in [3.8, 4) is 11.5 Å². The van der Waals surface area contributed by atoms with E-state index in [4.69, 9.17) is 9.47 Å². The third-order valence-corrected chi connectivity index (χ3v) is 6.70. The van der Waals surface area contributed by atoms with Crippen molar-refractivity contribution in [2.24, 2.45) is 0 Å². The van der Waals surface area contributed by atoms with Crippen LogP contribution < -0.4 is 9.47 Å². The predicted molar refractivity (Wildman–Crippen MR) is 139 cm³/mol. The Bertz CT molecular complexity index is 1380. The van der Waals surface area contributed by atoms with Gasteiger partial charge in [0.2, 0.25) is 0 Å². The molecular weight excluding hydrogens is 544 g/mol. The molecule has 1 aliphatic heterocycles. The van der Waals surface area contributed by atoms with E-state index in [2.05, 4.69) is 15.9 Å². The molecule has 10 heteroatoms. The number of Topliss-reactive ketones (excluding diaryl/α,β-unsaturated/α-hetero) is 1. The molecular formula is C27H23BrN2O7. The Kier molecular flexibility index (Phi) is 7.58. The molecule has 3 aromatic rings. The number of benzene rings is 3. The summed E-state index contributed by atoms with van der Waals surface area (Å²) >= 11 is 3.34. The molecule has 0 bridgehead atoms. The average molecular weight is 567 g/mol. The fourth-order valence-corrected chi connectivity index (χ4v) is 4.55. The van der Waals surface area contributed by atoms with Crippen LogP contribution in [0, 0.1) is 10.1 Å². The summed E-state index contributed by atoms with van der Waals surface area (Å²) in [6, 6.07) is 16.7. The number of hydrogen-bond donors (Lipinski definition) is 1. The van der Waals surface area contributed by atoms with Crippen LogP contribution in [-0.2, 0) is 16.0 Å². The van der Waals surface area contributed by atoms with E-state index in [1.807, 2.05) is 6.07 Å². The summed E-state index contributed by atoms with van der Waals surface area (Å²) < 4.78 is 11.4. The summed E-state index contributed by atoms with van der Waals surface area (Å²) in [4.78, 5) is 38.4. The first-order chi connectivity index (χ1) is 17.7. The van der Waals surface area contributed by atoms with Crippen molar-refractivity contribution < 1.29 is 29.1 Å². The number of hydrogen-bond acceptors (Lipinski definition) is 7. The van der Waals surface area contributed by atoms with Gasteiger partial charge in [-0.2, -0.15) is 0 Å². The fraction of sp³-hybridized carbons (Fsp3) is 0.185. The van der Waals surface area contributed by atoms with Gasteiger partial charge in [-0.15, -0.1) is 0 Å². The van der Waals surface area contributed by atoms with Crippen molar-refractivity contribution >= 4 is 39.1 Å². The summed E-state index contributed by atoms with van der Waals surface area (Å²) in [7, 11) is 3.06. The number of nitro benzene ring substituents is 1. The molecule has 1 heterocycles. The van der Waals surface area contributed by atoms with Gasteiger partial charge in [0.1, 0.15) is 5.76 Å². The Hall–Kier alpha value is -4.18. The first-order valence-electron chi connectivity index (χ1n) is 11.2. The van der Waals surface area contributed by atoms with Gasteiger partial charge in [-0.3, -0.25) is 19.7 Å². The molecule has 190 valence electrons. The molecule has 1 aliphatic rings. The zero-order valence-electron chi connectivity index (χ0n) is 20.0. The molecule has 1 atom stereocenters. The van der Waals surface area contributed by atoms with Gasteiger partial charge < -0.3 is 19.5 Å². The largest absolute Gasteiger partial charge is 0.507 e. The maximum absolute atomic E-state index is 13.2. The van der Waals surface area contributed by atoms with Gasteiger partial charge in [-0.25, -0.2) is 0 Å². The highest BCUT2D eigenvalue weighted by atomic mass is 79.9. The number of carbonyl (C=O) groups excluding carboxylic acids is 2. The number of methoxy groups -OCH3 is 2. The molecule has 0 aliphatic carbocycles. The number of aliphatic hydroxyl groups is 1. The summed E-state index contributed by atoms with van der Waals surface area (Å²) in [6.07, 6.45) is 0.384. The number of rotatable bonds is 8. The molecule has 0 spiro atoms. The van der Waals surface area contributed by atoms with Crippen LogP contribution in [-0.4, -0.2) is 47.4 Å². The number of aliphatic hydroxyl groups excluding tert-OH is 1. The molecule has 0 unspecified atom stereocenters. The lowest BCUT2D eigenvalue weighted by Crippen LogP contribution is -2.31. The minimum Gasteiger partial charge on any atom is -0.507 e. The summed E-state index contributed by atoms with van der Waals surface area (Å²) in [5, 5.41) is 22.3. The minimum atomic E-state index is -0.926. The molecule has 1 amide bonds. The zero-order valence-corrected chi connectivity index (χ0v) is 21.6. The SMILES string of the molecule is COc1ccc(CCN2C(=O)C(=O)C(=C(O)c3ccc(Br)cc3)[C@H]2c2ccc([N+](=O)[O-])cc2)cc1OC. The number of nitro groups is 1. The van der Waals surface area contributed by atoms with E-state index in [0.717, 1.165) is 10.0 Å². The van der Waals surface area contributed by atoms with Crippen LogP contribution >= 0.6 is 15.9 Å². The van der Waals surface area contributed by atoms with Crippen molar-refractivity contribution in [3.05, 3.63) is 104 Å². The van der Waals surface area contributed by atoms with Crippen LogP contribution in [0.5, 0.6) is 11.5 Å². The van der Waals surface area contributed by atoms with E-state index in [9.17, 15) is 24.8 Å². The summed E-state index contributed by atoms with van der Waals surface area (Å²) in [6.45, 7) is 0.152. The van der Waals surface area contributed by atoms with Crippen molar-refractivity contribution in [2.75, 3.05) is 20.8 Å². The number of amides is 1. The smallest absolute Gasteiger partial charge is 0.295 e. The van der Waals surface area contributed by atoms with Crippen molar-refractivity contribution in [1.82, 2.24) is 4.90 Å². The molecule has 0 saturated carbocycles. The van der Waals surface area contributed by atoms with E-state index < -0.39 is 22.7 Å². The normalized spacial score (nSPS) is 16.6. The van der Waals surface area contributed by atoms with Crippen molar-refractivity contribution in [2.45, 2.75) is 12.5 Å². The average Bonchev–Trinajstić information content (AvgIpc) is 3.16. The molecule has 9 nitrogen and oxygen atoms in total. The standard InChI is InChI=1S/C27H23BrN2O7/c1-36-21-12-3-16(15-22(21)37-2)13-14-29-24(17-6-10-20(11-7-17)30(34)35)23(26(32)27(29)33)25(31)18-4-8-19(28)9-5-18/h3-12,15,24,31H,13-14H2,1-2H3/t24-/m1/s1. The third kappa shape index (κ3) is 5.19. The van der Waals surface area contributed by atoms with E-state index >= 15 is 0 Å². The maximum atomic E-state index is 13.2. The Morgan fingerprint density at radius 3 is 2.24 bits per heavy atom. The molecule has 1 fully saturated rings. The molecule has 1 saturated heterocycles. The van der Waals surface area contributed by atoms with Crippen LogP contribution in [0.3, 0.4) is 0 Å². The van der Waals surface area contributed by atoms with E-state index in [1.165, 1.54) is 43.4 Å². The third-order valence-electron chi connectivity index (χ3n) is 6.17. The number of halogens is 1. The number of ketones is 1. The van der Waals surface area contributed by atoms with Crippen LogP contribution in [0.1, 0.15) is 22.7 Å². The highest BCUT2D eigenvalue weighted by Crippen LogP contribution is 2.40. The summed E-state index contributed by atoms with van der Waals surface area (Å²) in [5.74, 6) is -0.808. The van der Waals surface area contributed by atoms with Crippen LogP contribution in [0.4, 0.5) is 5.69 Å². The molecule has 4 rings (SSSR count). The molecule has 0 aromatic heterocycles. The topological polar surface area (TPSA) is 119 Å². The van der Waals surface area contributed by atoms with Gasteiger partial charge in [0.05, 0.1) is 30.8 Å². The predicted octanol–water partition coefficient (Wildman–Crippen LogP) is 5.04. The van der Waals surface area contributed by atoms with E-state index in [0.29, 0.717) is 29.0 Å². The molecule has 0 radical (unpaired) electrons. The quantitative estimate of drug-likeness (QED) is 0.133. The Balaban J connectivity index is 1.75. The lowest BCUT2D eigenvalue weighted by atomic mass is 9.95. The van der Waals surface area contributed by atoms with Crippen LogP contribution in [0.25, 0.3) is 5.76 Å². The monoisotopic (exact) mass is 566 g/mol. The molecule has 3 aromatic carbocycles. The van der Waals surface area contributed by atoms with E-state index in [-0.39, 0.29) is 23.6 Å². The number of ether oxygens (including phenoxy) is 2. The van der Waals surface area contributed by atoms with Gasteiger partial charge in [0.15, 0.2) is 11.5 Å². The Morgan fingerprint density at radius 2 is 1.65 bits per heavy atom. The Labute approximate surface area is 221 Å². The number of carbonyl (C=O) groups is 2. The fourth-order valence-electron chi connectivity index (χ4n) is 4.28. The lowest BCUT2D eigenvalue weighted by Gasteiger charge is -2.25. The van der Waals surface area contributed by atoms with Gasteiger partial charge in [0.25, 0.3) is 17.4 Å². The van der Waals surface area contributed by atoms with E-state index in [1.54, 1.807) is 36.4 Å². The summed E-state index contributed by atoms with van der Waals surface area (Å²) in [5.41, 5.74) is 1.48. The van der Waals surface area contributed by atoms with Crippen LogP contribution in [0.15, 0.2) is 76.8 Å². The second kappa shape index (κ2) is 10.8. The maximum Gasteiger partial charge on any atom is 0.295 e. The first-order valence-corrected chi connectivity index (χ1v) is 12.0. The number of non-ortho nitro benzene ring substituents is 1. The van der Waals surface area contributed by atoms with Crippen LogP contribution in [0.2, 0.25) is 0 Å². The lowest BCUT2D eigenvalue weighted by molar-refractivity contribution is -0.384. The Morgan fingerprint density at radius 1 is 1.00 bits per heavy atom. The molecule has 37 heavy (non-hydrogen) atoms. The highest BCUT2D eigenvalue weighted by Gasteiger charge is 2.46. The van der Waals surface area contributed by atoms with Crippen molar-refractivity contribution in [1.29, 1.82) is 0 Å². The zero-order chi connectivity index (χ0) is 26.7. The second-order valence-corrected chi connectivity index (χ2v) is 9.20. The van der Waals surface area contributed by atoms with Gasteiger partial charge in [-0.05, 0) is 53.9 Å². The highest BCUT2D eigenvalue weighted by molar-refractivity contribution is 9.10. The number of nitrogens with zero attached hydrogens (tertiary/aromatic N) is 2.